The van der Waals surface area contributed by atoms with Crippen molar-refractivity contribution in [1.82, 2.24) is 15.1 Å². The molecule has 11 nitrogen and oxygen atoms in total. The van der Waals surface area contributed by atoms with E-state index >= 15 is 0 Å². The first kappa shape index (κ1) is 26.5. The Morgan fingerprint density at radius 1 is 1.13 bits per heavy atom. The number of ketones is 1. The van der Waals surface area contributed by atoms with Crippen molar-refractivity contribution in [2.24, 2.45) is 10.5 Å². The number of amides is 2. The number of nitrogens with one attached hydrogen (secondary N) is 1. The molecule has 3 heterocycles. The number of carbonyl (C=O) groups excluding carboxylic acids is 3. The van der Waals surface area contributed by atoms with Crippen molar-refractivity contribution in [3.05, 3.63) is 40.3 Å². The standard InChI is InChI=1S/C27H37N7O4/c1-27(2,3)24(26(37)34-15-20(30-31-28)23-22(34)21(35)16-38-23)29-25(36)17-7-9-19(10-8-17)33-13-11-32(12-14-33)18-5-4-6-18/h7-10,18,20,22-24H,4-6,11-16H2,1-3H3,(H,29,36)/t20-,22+,23+,24+/m0/s1. The SMILES string of the molecule is CC(C)(C)[C@H](NC(=O)c1ccc(N2CCN(C3CCC3)CC2)cc1)C(=O)N1C[C@H](N=[N+]=[N-])[C@H]2OCC(=O)[C@H]21. The molecule has 2 amide bonds. The van der Waals surface area contributed by atoms with Gasteiger partial charge in [0, 0.05) is 54.9 Å². The Labute approximate surface area is 223 Å². The largest absolute Gasteiger partial charge is 0.369 e. The number of hydrogen-bond donors (Lipinski definition) is 1. The molecule has 4 atom stereocenters. The van der Waals surface area contributed by atoms with Gasteiger partial charge >= 0.3 is 0 Å². The van der Waals surface area contributed by atoms with Crippen molar-refractivity contribution in [3.63, 3.8) is 0 Å². The van der Waals surface area contributed by atoms with Crippen LogP contribution < -0.4 is 10.2 Å². The summed E-state index contributed by atoms with van der Waals surface area (Å²) >= 11 is 0. The highest BCUT2D eigenvalue weighted by Gasteiger charge is 2.54. The maximum atomic E-state index is 13.7. The van der Waals surface area contributed by atoms with Crippen molar-refractivity contribution in [1.29, 1.82) is 0 Å². The van der Waals surface area contributed by atoms with E-state index in [4.69, 9.17) is 10.3 Å². The Hall–Kier alpha value is -3.14. The molecule has 5 rings (SSSR count). The second kappa shape index (κ2) is 10.6. The highest BCUT2D eigenvalue weighted by molar-refractivity contribution is 5.99. The van der Waals surface area contributed by atoms with Crippen LogP contribution in [0.2, 0.25) is 0 Å². The van der Waals surface area contributed by atoms with E-state index in [1.165, 1.54) is 24.2 Å². The average Bonchev–Trinajstić information content (AvgIpc) is 3.42. The minimum atomic E-state index is -0.881. The van der Waals surface area contributed by atoms with Gasteiger partial charge in [-0.25, -0.2) is 0 Å². The molecule has 4 fully saturated rings. The van der Waals surface area contributed by atoms with Crippen LogP contribution in [-0.2, 0) is 14.3 Å². The number of carbonyl (C=O) groups is 3. The van der Waals surface area contributed by atoms with Crippen LogP contribution in [0.15, 0.2) is 29.4 Å². The van der Waals surface area contributed by atoms with E-state index in [1.807, 2.05) is 32.9 Å². The van der Waals surface area contributed by atoms with Gasteiger partial charge in [-0.15, -0.1) is 0 Å². The minimum absolute atomic E-state index is 0.0785. The number of likely N-dealkylation sites (tertiary alicyclic amines) is 1. The maximum absolute atomic E-state index is 13.7. The fraction of sp³-hybridized carbons (Fsp3) is 0.667. The number of ether oxygens (including phenoxy) is 1. The molecule has 11 heteroatoms. The van der Waals surface area contributed by atoms with Gasteiger partial charge in [0.2, 0.25) is 5.91 Å². The Bertz CT molecular complexity index is 1120. The third-order valence-electron chi connectivity index (χ3n) is 8.43. The number of anilines is 1. The number of azide groups is 1. The number of hydrogen-bond acceptors (Lipinski definition) is 7. The Morgan fingerprint density at radius 2 is 1.82 bits per heavy atom. The molecule has 3 saturated heterocycles. The second-order valence-electron chi connectivity index (χ2n) is 11.9. The molecule has 1 aromatic rings. The molecular weight excluding hydrogens is 486 g/mol. The van der Waals surface area contributed by atoms with Crippen molar-refractivity contribution in [2.75, 3.05) is 44.2 Å². The predicted molar refractivity (Wildman–Crippen MR) is 142 cm³/mol. The van der Waals surface area contributed by atoms with Gasteiger partial charge in [-0.2, -0.15) is 0 Å². The summed E-state index contributed by atoms with van der Waals surface area (Å²) in [6.07, 6.45) is 3.33. The summed E-state index contributed by atoms with van der Waals surface area (Å²) < 4.78 is 5.54. The Kier molecular flexibility index (Phi) is 7.35. The fourth-order valence-electron chi connectivity index (χ4n) is 5.98. The van der Waals surface area contributed by atoms with E-state index in [-0.39, 0.29) is 30.7 Å². The summed E-state index contributed by atoms with van der Waals surface area (Å²) in [6, 6.07) is 5.96. The van der Waals surface area contributed by atoms with Crippen molar-refractivity contribution in [2.45, 2.75) is 70.3 Å². The number of rotatable bonds is 6. The number of nitrogens with zero attached hydrogens (tertiary/aromatic N) is 6. The van der Waals surface area contributed by atoms with Crippen LogP contribution in [0.1, 0.15) is 50.4 Å². The quantitative estimate of drug-likeness (QED) is 0.346. The zero-order valence-corrected chi connectivity index (χ0v) is 22.4. The zero-order chi connectivity index (χ0) is 27.0. The summed E-state index contributed by atoms with van der Waals surface area (Å²) in [5.74, 6) is -0.950. The van der Waals surface area contributed by atoms with Crippen LogP contribution >= 0.6 is 0 Å². The van der Waals surface area contributed by atoms with Crippen LogP contribution in [0.3, 0.4) is 0 Å². The minimum Gasteiger partial charge on any atom is -0.369 e. The first-order valence-corrected chi connectivity index (χ1v) is 13.6. The molecule has 204 valence electrons. The maximum Gasteiger partial charge on any atom is 0.251 e. The molecule has 0 aromatic heterocycles. The van der Waals surface area contributed by atoms with E-state index < -0.39 is 29.6 Å². The van der Waals surface area contributed by atoms with Crippen LogP contribution in [0.4, 0.5) is 5.69 Å². The lowest BCUT2D eigenvalue weighted by atomic mass is 9.85. The highest BCUT2D eigenvalue weighted by atomic mass is 16.5. The van der Waals surface area contributed by atoms with Gasteiger partial charge in [0.1, 0.15) is 18.7 Å². The summed E-state index contributed by atoms with van der Waals surface area (Å²) in [5, 5.41) is 6.66. The Morgan fingerprint density at radius 3 is 2.39 bits per heavy atom. The molecule has 1 aromatic carbocycles. The lowest BCUT2D eigenvalue weighted by Crippen LogP contribution is -2.57. The van der Waals surface area contributed by atoms with Crippen LogP contribution in [-0.4, -0.2) is 97.0 Å². The molecule has 0 unspecified atom stereocenters. The molecule has 0 radical (unpaired) electrons. The van der Waals surface area contributed by atoms with Crippen molar-refractivity contribution < 1.29 is 19.1 Å². The van der Waals surface area contributed by atoms with Crippen LogP contribution in [0, 0.1) is 5.41 Å². The molecule has 3 aliphatic heterocycles. The number of piperazine rings is 1. The topological polar surface area (TPSA) is 131 Å². The first-order valence-electron chi connectivity index (χ1n) is 13.6. The summed E-state index contributed by atoms with van der Waals surface area (Å²) in [5.41, 5.74) is 9.85. The highest BCUT2D eigenvalue weighted by Crippen LogP contribution is 2.33. The van der Waals surface area contributed by atoms with E-state index in [1.54, 1.807) is 12.1 Å². The summed E-state index contributed by atoms with van der Waals surface area (Å²) in [7, 11) is 0. The smallest absolute Gasteiger partial charge is 0.251 e. The molecule has 1 N–H and O–H groups in total. The van der Waals surface area contributed by atoms with E-state index in [9.17, 15) is 14.4 Å². The van der Waals surface area contributed by atoms with E-state index in [0.717, 1.165) is 37.9 Å². The summed E-state index contributed by atoms with van der Waals surface area (Å²) in [6.45, 7) is 9.64. The second-order valence-corrected chi connectivity index (χ2v) is 11.9. The van der Waals surface area contributed by atoms with E-state index in [2.05, 4.69) is 25.1 Å². The normalized spacial score (nSPS) is 26.9. The average molecular weight is 524 g/mol. The van der Waals surface area contributed by atoms with Gasteiger partial charge in [0.15, 0.2) is 5.78 Å². The molecule has 0 spiro atoms. The van der Waals surface area contributed by atoms with Crippen molar-refractivity contribution in [3.8, 4) is 0 Å². The van der Waals surface area contributed by atoms with Gasteiger partial charge in [0.05, 0.1) is 12.1 Å². The molecule has 1 saturated carbocycles. The lowest BCUT2D eigenvalue weighted by Gasteiger charge is -2.43. The summed E-state index contributed by atoms with van der Waals surface area (Å²) in [4.78, 5) is 48.7. The van der Waals surface area contributed by atoms with Gasteiger partial charge in [-0.1, -0.05) is 32.3 Å². The van der Waals surface area contributed by atoms with Crippen LogP contribution in [0.5, 0.6) is 0 Å². The third-order valence-corrected chi connectivity index (χ3v) is 8.43. The molecule has 38 heavy (non-hydrogen) atoms. The van der Waals surface area contributed by atoms with E-state index in [0.29, 0.717) is 5.56 Å². The lowest BCUT2D eigenvalue weighted by molar-refractivity contribution is -0.140. The fourth-order valence-corrected chi connectivity index (χ4v) is 5.98. The third kappa shape index (κ3) is 5.10. The van der Waals surface area contributed by atoms with Crippen LogP contribution in [0.25, 0.3) is 10.4 Å². The number of fused-ring (bicyclic) bond motifs is 1. The number of benzene rings is 1. The molecule has 4 aliphatic rings. The van der Waals surface area contributed by atoms with Gasteiger partial charge in [-0.3, -0.25) is 19.3 Å². The first-order chi connectivity index (χ1) is 18.2. The monoisotopic (exact) mass is 523 g/mol. The van der Waals surface area contributed by atoms with Gasteiger partial charge in [0.25, 0.3) is 5.91 Å². The number of Topliss-reactive ketones (excluding diaryl/α,β-unsaturated/α-hetero) is 1. The predicted octanol–water partition coefficient (Wildman–Crippen LogP) is 2.36. The molecule has 1 aliphatic carbocycles. The Balaban J connectivity index is 1.25. The molecule has 0 bridgehead atoms. The van der Waals surface area contributed by atoms with Crippen molar-refractivity contribution >= 4 is 23.3 Å². The zero-order valence-electron chi connectivity index (χ0n) is 22.4. The van der Waals surface area contributed by atoms with Gasteiger partial charge in [-0.05, 0) is 48.1 Å². The van der Waals surface area contributed by atoms with Gasteiger partial charge < -0.3 is 19.9 Å². The molecular formula is C27H37N7O4.